The summed E-state index contributed by atoms with van der Waals surface area (Å²) >= 11 is 0. The molecule has 0 bridgehead atoms. The number of hydrogen-bond acceptors (Lipinski definition) is 4. The van der Waals surface area contributed by atoms with Crippen LogP contribution in [0.1, 0.15) is 61.6 Å². The first kappa shape index (κ1) is 15.7. The molecule has 0 radical (unpaired) electrons. The number of aryl methyl sites for hydroxylation is 1. The van der Waals surface area contributed by atoms with Gasteiger partial charge >= 0.3 is 5.97 Å². The molecule has 1 heterocycles. The van der Waals surface area contributed by atoms with Crippen LogP contribution in [0.15, 0.2) is 0 Å². The molecular formula is C16H25N3O2. The van der Waals surface area contributed by atoms with Gasteiger partial charge in [0.15, 0.2) is 5.82 Å². The predicted molar refractivity (Wildman–Crippen MR) is 82.7 cm³/mol. The average Bonchev–Trinajstić information content (AvgIpc) is 2.89. The zero-order valence-corrected chi connectivity index (χ0v) is 13.1. The largest absolute Gasteiger partial charge is 0.478 e. The maximum Gasteiger partial charge on any atom is 0.339 e. The lowest BCUT2D eigenvalue weighted by atomic mass is 10.0. The molecular weight excluding hydrogens is 266 g/mol. The van der Waals surface area contributed by atoms with Crippen LogP contribution < -0.4 is 5.32 Å². The van der Waals surface area contributed by atoms with Crippen LogP contribution in [0.25, 0.3) is 0 Å². The summed E-state index contributed by atoms with van der Waals surface area (Å²) in [6.07, 6.45) is 5.04. The van der Waals surface area contributed by atoms with E-state index in [9.17, 15) is 9.90 Å². The van der Waals surface area contributed by atoms with Gasteiger partial charge in [-0.05, 0) is 43.1 Å². The van der Waals surface area contributed by atoms with E-state index in [0.717, 1.165) is 23.7 Å². The number of carboxylic acids is 1. The number of rotatable bonds is 6. The quantitative estimate of drug-likeness (QED) is 0.842. The van der Waals surface area contributed by atoms with Gasteiger partial charge in [0.1, 0.15) is 5.56 Å². The minimum Gasteiger partial charge on any atom is -0.478 e. The SMILES string of the molecule is CCc1nnc(NCC2CCC(C)C2)c(C(=O)O)c1CC. The molecule has 0 saturated heterocycles. The van der Waals surface area contributed by atoms with Crippen molar-refractivity contribution in [2.75, 3.05) is 11.9 Å². The van der Waals surface area contributed by atoms with Crippen LogP contribution in [0, 0.1) is 11.8 Å². The van der Waals surface area contributed by atoms with E-state index in [4.69, 9.17) is 0 Å². The summed E-state index contributed by atoms with van der Waals surface area (Å²) in [5, 5.41) is 21.1. The second-order valence-corrected chi connectivity index (χ2v) is 6.03. The average molecular weight is 291 g/mol. The Hall–Kier alpha value is -1.65. The Labute approximate surface area is 126 Å². The second kappa shape index (κ2) is 6.87. The van der Waals surface area contributed by atoms with Gasteiger partial charge in [0.25, 0.3) is 0 Å². The van der Waals surface area contributed by atoms with Gasteiger partial charge in [0, 0.05) is 6.54 Å². The van der Waals surface area contributed by atoms with Crippen LogP contribution >= 0.6 is 0 Å². The van der Waals surface area contributed by atoms with E-state index in [1.54, 1.807) is 0 Å². The Kier molecular flexibility index (Phi) is 5.15. The Bertz CT molecular complexity index is 516. The molecule has 2 rings (SSSR count). The van der Waals surface area contributed by atoms with Gasteiger partial charge in [-0.3, -0.25) is 0 Å². The van der Waals surface area contributed by atoms with Gasteiger partial charge in [-0.2, -0.15) is 5.10 Å². The first-order chi connectivity index (χ1) is 10.1. The van der Waals surface area contributed by atoms with Crippen molar-refractivity contribution in [1.82, 2.24) is 10.2 Å². The van der Waals surface area contributed by atoms with Crippen molar-refractivity contribution >= 4 is 11.8 Å². The number of aromatic nitrogens is 2. The van der Waals surface area contributed by atoms with Gasteiger partial charge in [0.05, 0.1) is 5.69 Å². The lowest BCUT2D eigenvalue weighted by Gasteiger charge is -2.16. The van der Waals surface area contributed by atoms with E-state index in [0.29, 0.717) is 30.1 Å². The predicted octanol–water partition coefficient (Wildman–Crippen LogP) is 3.15. The molecule has 1 aromatic heterocycles. The smallest absolute Gasteiger partial charge is 0.339 e. The van der Waals surface area contributed by atoms with E-state index >= 15 is 0 Å². The van der Waals surface area contributed by atoms with E-state index in [1.165, 1.54) is 19.3 Å². The molecule has 2 atom stereocenters. The fourth-order valence-electron chi connectivity index (χ4n) is 3.28. The molecule has 2 N–H and O–H groups in total. The van der Waals surface area contributed by atoms with Crippen LogP contribution in [-0.4, -0.2) is 27.8 Å². The van der Waals surface area contributed by atoms with Gasteiger partial charge in [-0.1, -0.05) is 27.2 Å². The zero-order chi connectivity index (χ0) is 15.4. The van der Waals surface area contributed by atoms with Gasteiger partial charge in [-0.25, -0.2) is 4.79 Å². The highest BCUT2D eigenvalue weighted by Gasteiger charge is 2.24. The molecule has 5 heteroatoms. The first-order valence-corrected chi connectivity index (χ1v) is 7.92. The number of nitrogens with zero attached hydrogens (tertiary/aromatic N) is 2. The molecule has 116 valence electrons. The lowest BCUT2D eigenvalue weighted by molar-refractivity contribution is 0.0696. The fourth-order valence-corrected chi connectivity index (χ4v) is 3.28. The third-order valence-corrected chi connectivity index (χ3v) is 4.42. The standard InChI is InChI=1S/C16H25N3O2/c1-4-12-13(5-2)18-19-15(14(12)16(20)21)17-9-11-7-6-10(3)8-11/h10-11H,4-9H2,1-3H3,(H,17,19)(H,20,21). The maximum atomic E-state index is 11.6. The van der Waals surface area contributed by atoms with E-state index in [1.807, 2.05) is 13.8 Å². The Morgan fingerprint density at radius 1 is 1.29 bits per heavy atom. The molecule has 0 aliphatic heterocycles. The second-order valence-electron chi connectivity index (χ2n) is 6.03. The Balaban J connectivity index is 2.20. The van der Waals surface area contributed by atoms with E-state index in [-0.39, 0.29) is 0 Å². The van der Waals surface area contributed by atoms with Crippen molar-refractivity contribution in [2.45, 2.75) is 52.9 Å². The van der Waals surface area contributed by atoms with Crippen molar-refractivity contribution in [3.8, 4) is 0 Å². The van der Waals surface area contributed by atoms with Crippen molar-refractivity contribution in [2.24, 2.45) is 11.8 Å². The first-order valence-electron chi connectivity index (χ1n) is 7.92. The van der Waals surface area contributed by atoms with Crippen LogP contribution in [-0.2, 0) is 12.8 Å². The summed E-state index contributed by atoms with van der Waals surface area (Å²) < 4.78 is 0. The summed E-state index contributed by atoms with van der Waals surface area (Å²) in [6, 6.07) is 0. The number of anilines is 1. The Morgan fingerprint density at radius 3 is 2.57 bits per heavy atom. The van der Waals surface area contributed by atoms with Crippen LogP contribution in [0.4, 0.5) is 5.82 Å². The fraction of sp³-hybridized carbons (Fsp3) is 0.688. The highest BCUT2D eigenvalue weighted by Crippen LogP contribution is 2.30. The summed E-state index contributed by atoms with van der Waals surface area (Å²) in [7, 11) is 0. The van der Waals surface area contributed by atoms with Crippen LogP contribution in [0.2, 0.25) is 0 Å². The minimum absolute atomic E-state index is 0.301. The molecule has 21 heavy (non-hydrogen) atoms. The molecule has 2 unspecified atom stereocenters. The highest BCUT2D eigenvalue weighted by molar-refractivity contribution is 5.95. The number of aromatic carboxylic acids is 1. The third kappa shape index (κ3) is 3.52. The maximum absolute atomic E-state index is 11.6. The minimum atomic E-state index is -0.918. The monoisotopic (exact) mass is 291 g/mol. The number of carbonyl (C=O) groups is 1. The summed E-state index contributed by atoms with van der Waals surface area (Å²) in [6.45, 7) is 6.99. The van der Waals surface area contributed by atoms with Gasteiger partial charge < -0.3 is 10.4 Å². The van der Waals surface area contributed by atoms with Crippen LogP contribution in [0.5, 0.6) is 0 Å². The van der Waals surface area contributed by atoms with Gasteiger partial charge in [-0.15, -0.1) is 5.10 Å². The van der Waals surface area contributed by atoms with Crippen molar-refractivity contribution < 1.29 is 9.90 Å². The molecule has 1 fully saturated rings. The summed E-state index contributed by atoms with van der Waals surface area (Å²) in [5.74, 6) is 0.893. The molecule has 1 aromatic rings. The van der Waals surface area contributed by atoms with E-state index < -0.39 is 5.97 Å². The molecule has 1 aliphatic carbocycles. The molecule has 1 saturated carbocycles. The summed E-state index contributed by atoms with van der Waals surface area (Å²) in [5.41, 5.74) is 1.90. The highest BCUT2D eigenvalue weighted by atomic mass is 16.4. The zero-order valence-electron chi connectivity index (χ0n) is 13.1. The number of nitrogens with one attached hydrogen (secondary N) is 1. The van der Waals surface area contributed by atoms with Crippen molar-refractivity contribution in [3.63, 3.8) is 0 Å². The van der Waals surface area contributed by atoms with Crippen LogP contribution in [0.3, 0.4) is 0 Å². The number of hydrogen-bond donors (Lipinski definition) is 2. The topological polar surface area (TPSA) is 75.1 Å². The van der Waals surface area contributed by atoms with Crippen molar-refractivity contribution in [3.05, 3.63) is 16.8 Å². The Morgan fingerprint density at radius 2 is 2.05 bits per heavy atom. The van der Waals surface area contributed by atoms with Gasteiger partial charge in [0.2, 0.25) is 0 Å². The molecule has 5 nitrogen and oxygen atoms in total. The molecule has 0 aromatic carbocycles. The van der Waals surface area contributed by atoms with Crippen molar-refractivity contribution in [1.29, 1.82) is 0 Å². The normalized spacial score (nSPS) is 21.5. The van der Waals surface area contributed by atoms with E-state index in [2.05, 4.69) is 22.4 Å². The molecule has 1 aliphatic rings. The third-order valence-electron chi connectivity index (χ3n) is 4.42. The number of carboxylic acid groups (broad SMARTS) is 1. The molecule has 0 spiro atoms. The molecule has 0 amide bonds. The lowest BCUT2D eigenvalue weighted by Crippen LogP contribution is -2.18. The summed E-state index contributed by atoms with van der Waals surface area (Å²) in [4.78, 5) is 11.6.